The van der Waals surface area contributed by atoms with Crippen LogP contribution in [0.2, 0.25) is 0 Å². The number of rotatable bonds is 12. The van der Waals surface area contributed by atoms with Gasteiger partial charge in [-0.3, -0.25) is 9.59 Å². The van der Waals surface area contributed by atoms with Crippen molar-refractivity contribution < 1.29 is 9.59 Å². The van der Waals surface area contributed by atoms with Crippen LogP contribution in [0, 0.1) is 5.41 Å². The van der Waals surface area contributed by atoms with Crippen molar-refractivity contribution in [2.45, 2.75) is 71.1 Å². The van der Waals surface area contributed by atoms with E-state index in [0.717, 1.165) is 18.4 Å². The second-order valence-corrected chi connectivity index (χ2v) is 7.47. The van der Waals surface area contributed by atoms with E-state index in [-0.39, 0.29) is 11.7 Å². The monoisotopic (exact) mass is 355 g/mol. The Balaban J connectivity index is 1.97. The molecule has 1 saturated heterocycles. The van der Waals surface area contributed by atoms with Gasteiger partial charge in [0.1, 0.15) is 11.2 Å². The van der Waals surface area contributed by atoms with Crippen LogP contribution in [-0.4, -0.2) is 23.1 Å². The number of hydrogen-bond acceptors (Lipinski definition) is 2. The third-order valence-corrected chi connectivity index (χ3v) is 5.56. The van der Waals surface area contributed by atoms with E-state index in [4.69, 9.17) is 0 Å². The van der Waals surface area contributed by atoms with Crippen LogP contribution in [0.25, 0.3) is 0 Å². The Bertz CT molecular complexity index is 595. The summed E-state index contributed by atoms with van der Waals surface area (Å²) in [4.78, 5) is 27.7. The minimum atomic E-state index is -0.891. The van der Waals surface area contributed by atoms with E-state index in [1.54, 1.807) is 11.1 Å². The Morgan fingerprint density at radius 1 is 1.12 bits per heavy atom. The molecule has 1 aliphatic rings. The SMILES string of the molecule is C=CN1CCC(Cc2ccccc2)(C(=O)CCCCCCCCC)C1=O. The fourth-order valence-corrected chi connectivity index (χ4v) is 3.92. The van der Waals surface area contributed by atoms with E-state index in [1.165, 1.54) is 32.1 Å². The molecule has 1 unspecified atom stereocenters. The smallest absolute Gasteiger partial charge is 0.240 e. The molecular formula is C23H33NO2. The molecule has 1 heterocycles. The van der Waals surface area contributed by atoms with Gasteiger partial charge in [-0.2, -0.15) is 0 Å². The van der Waals surface area contributed by atoms with Gasteiger partial charge >= 0.3 is 0 Å². The summed E-state index contributed by atoms with van der Waals surface area (Å²) >= 11 is 0. The maximum absolute atomic E-state index is 13.1. The largest absolute Gasteiger partial charge is 0.319 e. The Morgan fingerprint density at radius 3 is 2.38 bits per heavy atom. The number of hydrogen-bond donors (Lipinski definition) is 0. The van der Waals surface area contributed by atoms with Gasteiger partial charge in [0.15, 0.2) is 0 Å². The van der Waals surface area contributed by atoms with Crippen molar-refractivity contribution in [2.75, 3.05) is 6.54 Å². The summed E-state index contributed by atoms with van der Waals surface area (Å²) in [5, 5.41) is 0. The zero-order valence-corrected chi connectivity index (χ0v) is 16.2. The zero-order chi connectivity index (χ0) is 18.8. The minimum Gasteiger partial charge on any atom is -0.319 e. The molecule has 0 saturated carbocycles. The molecule has 0 radical (unpaired) electrons. The van der Waals surface area contributed by atoms with Crippen LogP contribution >= 0.6 is 0 Å². The van der Waals surface area contributed by atoms with Crippen LogP contribution in [0.5, 0.6) is 0 Å². The summed E-state index contributed by atoms with van der Waals surface area (Å²) in [6.07, 6.45) is 11.4. The number of nitrogens with zero attached hydrogens (tertiary/aromatic N) is 1. The van der Waals surface area contributed by atoms with Gasteiger partial charge in [0, 0.05) is 13.0 Å². The van der Waals surface area contributed by atoms with Crippen molar-refractivity contribution >= 4 is 11.7 Å². The Kier molecular flexibility index (Phi) is 8.08. The van der Waals surface area contributed by atoms with E-state index < -0.39 is 5.41 Å². The topological polar surface area (TPSA) is 37.4 Å². The first-order chi connectivity index (χ1) is 12.6. The number of likely N-dealkylation sites (tertiary alicyclic amines) is 1. The number of carbonyl (C=O) groups is 2. The van der Waals surface area contributed by atoms with Crippen molar-refractivity contribution in [3.05, 3.63) is 48.7 Å². The number of amides is 1. The molecular weight excluding hydrogens is 322 g/mol. The molecule has 1 atom stereocenters. The highest BCUT2D eigenvalue weighted by Gasteiger charge is 2.50. The molecule has 0 bridgehead atoms. The lowest BCUT2D eigenvalue weighted by molar-refractivity contribution is -0.143. The molecule has 26 heavy (non-hydrogen) atoms. The van der Waals surface area contributed by atoms with Crippen LogP contribution in [0.15, 0.2) is 43.1 Å². The van der Waals surface area contributed by atoms with Gasteiger partial charge in [-0.05, 0) is 31.0 Å². The van der Waals surface area contributed by atoms with Crippen LogP contribution in [0.3, 0.4) is 0 Å². The van der Waals surface area contributed by atoms with E-state index in [1.807, 2.05) is 30.3 Å². The van der Waals surface area contributed by atoms with Crippen molar-refractivity contribution in [3.8, 4) is 0 Å². The van der Waals surface area contributed by atoms with Crippen molar-refractivity contribution in [1.29, 1.82) is 0 Å². The van der Waals surface area contributed by atoms with Crippen LogP contribution in [0.4, 0.5) is 0 Å². The number of carbonyl (C=O) groups excluding carboxylic acids is 2. The summed E-state index contributed by atoms with van der Waals surface area (Å²) in [5.74, 6) is 0.0496. The Morgan fingerprint density at radius 2 is 1.77 bits per heavy atom. The minimum absolute atomic E-state index is 0.0655. The molecule has 0 spiro atoms. The molecule has 1 aromatic carbocycles. The fourth-order valence-electron chi connectivity index (χ4n) is 3.92. The molecule has 1 aromatic rings. The molecule has 1 amide bonds. The van der Waals surface area contributed by atoms with Gasteiger partial charge in [-0.1, -0.05) is 82.4 Å². The van der Waals surface area contributed by atoms with E-state index in [2.05, 4.69) is 13.5 Å². The quantitative estimate of drug-likeness (QED) is 0.377. The molecule has 1 fully saturated rings. The summed E-state index contributed by atoms with van der Waals surface area (Å²) < 4.78 is 0. The van der Waals surface area contributed by atoms with Crippen molar-refractivity contribution in [1.82, 2.24) is 4.90 Å². The molecule has 0 aliphatic carbocycles. The van der Waals surface area contributed by atoms with Crippen LogP contribution in [0.1, 0.15) is 70.3 Å². The second-order valence-electron chi connectivity index (χ2n) is 7.47. The third kappa shape index (κ3) is 5.06. The van der Waals surface area contributed by atoms with Gasteiger partial charge in [-0.25, -0.2) is 0 Å². The number of unbranched alkanes of at least 4 members (excludes halogenated alkanes) is 6. The standard InChI is InChI=1S/C23H33NO2/c1-3-5-6-7-8-9-13-16-21(25)23(17-18-24(4-2)22(23)26)19-20-14-11-10-12-15-20/h4,10-12,14-15H,2-3,5-9,13,16-19H2,1H3. The summed E-state index contributed by atoms with van der Waals surface area (Å²) in [6.45, 7) is 6.54. The maximum Gasteiger partial charge on any atom is 0.240 e. The van der Waals surface area contributed by atoms with E-state index in [9.17, 15) is 9.59 Å². The van der Waals surface area contributed by atoms with Crippen LogP contribution < -0.4 is 0 Å². The van der Waals surface area contributed by atoms with Crippen LogP contribution in [-0.2, 0) is 16.0 Å². The predicted molar refractivity (Wildman–Crippen MR) is 107 cm³/mol. The van der Waals surface area contributed by atoms with Gasteiger partial charge in [0.25, 0.3) is 0 Å². The van der Waals surface area contributed by atoms with Gasteiger partial charge in [0.2, 0.25) is 5.91 Å². The molecule has 142 valence electrons. The van der Waals surface area contributed by atoms with E-state index in [0.29, 0.717) is 25.8 Å². The zero-order valence-electron chi connectivity index (χ0n) is 16.2. The second kappa shape index (κ2) is 10.3. The average molecular weight is 356 g/mol. The van der Waals surface area contributed by atoms with Gasteiger partial charge in [-0.15, -0.1) is 0 Å². The van der Waals surface area contributed by atoms with E-state index >= 15 is 0 Å². The molecule has 3 heteroatoms. The fraction of sp³-hybridized carbons (Fsp3) is 0.565. The summed E-state index contributed by atoms with van der Waals surface area (Å²) in [7, 11) is 0. The highest BCUT2D eigenvalue weighted by molar-refractivity contribution is 6.07. The third-order valence-electron chi connectivity index (χ3n) is 5.56. The lowest BCUT2D eigenvalue weighted by Crippen LogP contribution is -2.41. The Labute approximate surface area is 158 Å². The number of benzene rings is 1. The normalized spacial score (nSPS) is 19.7. The van der Waals surface area contributed by atoms with Gasteiger partial charge < -0.3 is 4.90 Å². The Hall–Kier alpha value is -1.90. The van der Waals surface area contributed by atoms with Crippen molar-refractivity contribution in [3.63, 3.8) is 0 Å². The average Bonchev–Trinajstić information content (AvgIpc) is 2.98. The predicted octanol–water partition coefficient (Wildman–Crippen LogP) is 5.30. The lowest BCUT2D eigenvalue weighted by Gasteiger charge is -2.26. The first-order valence-corrected chi connectivity index (χ1v) is 10.1. The molecule has 3 nitrogen and oxygen atoms in total. The van der Waals surface area contributed by atoms with Crippen molar-refractivity contribution in [2.24, 2.45) is 5.41 Å². The highest BCUT2D eigenvalue weighted by Crippen LogP contribution is 2.38. The van der Waals surface area contributed by atoms with Gasteiger partial charge in [0.05, 0.1) is 0 Å². The highest BCUT2D eigenvalue weighted by atomic mass is 16.2. The molecule has 0 aromatic heterocycles. The first kappa shape index (κ1) is 20.4. The molecule has 2 rings (SSSR count). The number of Topliss-reactive ketones (excluding diaryl/α,β-unsaturated/α-hetero) is 1. The summed E-state index contributed by atoms with van der Waals surface area (Å²) in [5.41, 5.74) is 0.164. The number of ketones is 1. The molecule has 0 N–H and O–H groups in total. The maximum atomic E-state index is 13.1. The molecule has 1 aliphatic heterocycles. The lowest BCUT2D eigenvalue weighted by atomic mass is 9.75. The summed E-state index contributed by atoms with van der Waals surface area (Å²) in [6, 6.07) is 9.91. The first-order valence-electron chi connectivity index (χ1n) is 10.1.